The van der Waals surface area contributed by atoms with E-state index in [1.54, 1.807) is 0 Å². The molecule has 5 rings (SSSR count). The molecule has 2 aliphatic heterocycles. The van der Waals surface area contributed by atoms with Crippen molar-refractivity contribution >= 4 is 80.8 Å². The number of hydrogen-bond donors (Lipinski definition) is 6. The lowest BCUT2D eigenvalue weighted by atomic mass is 10.0. The molecule has 44 heavy (non-hydrogen) atoms. The summed E-state index contributed by atoms with van der Waals surface area (Å²) in [6, 6.07) is 3.01. The third-order valence-corrected chi connectivity index (χ3v) is 10.6. The smallest absolute Gasteiger partial charge is 0.352 e. The quantitative estimate of drug-likeness (QED) is 0.0557. The van der Waals surface area contributed by atoms with Gasteiger partial charge in [-0.1, -0.05) is 16.9 Å². The zero-order valence-corrected chi connectivity index (χ0v) is 25.7. The van der Waals surface area contributed by atoms with E-state index in [-0.39, 0.29) is 51.7 Å². The van der Waals surface area contributed by atoms with E-state index in [1.165, 1.54) is 54.2 Å². The molecule has 2 amide bonds. The highest BCUT2D eigenvalue weighted by Gasteiger charge is 2.54. The van der Waals surface area contributed by atoms with Gasteiger partial charge in [0.2, 0.25) is 0 Å². The molecule has 1 aromatic carbocycles. The molecule has 0 unspecified atom stereocenters. The summed E-state index contributed by atoms with van der Waals surface area (Å²) in [4.78, 5) is 64.7. The Bertz CT molecular complexity index is 1740. The van der Waals surface area contributed by atoms with Crippen molar-refractivity contribution in [1.82, 2.24) is 20.2 Å². The molecule has 2 atom stereocenters. The van der Waals surface area contributed by atoms with Crippen LogP contribution in [0.2, 0.25) is 0 Å². The van der Waals surface area contributed by atoms with Gasteiger partial charge in [-0.05, 0) is 23.8 Å². The van der Waals surface area contributed by atoms with E-state index in [2.05, 4.69) is 20.4 Å². The van der Waals surface area contributed by atoms with E-state index >= 15 is 0 Å². The molecule has 0 saturated carbocycles. The molecule has 2 aromatic heterocycles. The molecule has 0 radical (unpaired) electrons. The number of nitrogens with two attached hydrogens (primary N) is 1. The normalized spacial score (nSPS) is 18.1. The number of thioether (sulfide) groups is 2. The minimum atomic E-state index is -1.31. The average Bonchev–Trinajstić information content (AvgIpc) is 3.59. The van der Waals surface area contributed by atoms with Gasteiger partial charge < -0.3 is 36.3 Å². The van der Waals surface area contributed by atoms with Crippen molar-refractivity contribution in [1.29, 1.82) is 0 Å². The number of aliphatic carboxylic acids is 2. The van der Waals surface area contributed by atoms with E-state index in [0.29, 0.717) is 26.0 Å². The van der Waals surface area contributed by atoms with Crippen molar-refractivity contribution in [2.45, 2.75) is 22.2 Å². The maximum atomic E-state index is 13.1. The van der Waals surface area contributed by atoms with Crippen LogP contribution in [0.3, 0.4) is 0 Å². The minimum Gasteiger partial charge on any atom is -0.504 e. The molecule has 2 aliphatic rings. The second kappa shape index (κ2) is 12.7. The van der Waals surface area contributed by atoms with Crippen molar-refractivity contribution in [2.75, 3.05) is 24.3 Å². The molecule has 0 bridgehead atoms. The predicted molar refractivity (Wildman–Crippen MR) is 163 cm³/mol. The van der Waals surface area contributed by atoms with Gasteiger partial charge in [-0.3, -0.25) is 19.3 Å². The molecular formula is C25H22N6O9S4. The first-order valence-corrected chi connectivity index (χ1v) is 16.1. The number of anilines is 1. The number of nitrogen functional groups attached to an aromatic ring is 1. The summed E-state index contributed by atoms with van der Waals surface area (Å²) >= 11 is 4.66. The van der Waals surface area contributed by atoms with E-state index in [4.69, 9.17) is 10.6 Å². The standard InChI is InChI=1S/C25H22N6O9S4/c1-40-30-17(11-8-42-24(26)27-11)20(36)28-18-21(37)31-19(23(38)39)10(6-41-22(18)31)7-43-25-29-16(14(44-25)5-15(34)35)9-2-3-12(32)13(33)4-9/h2-4,8,18,22,32-33H,5-7H2,1H3,(H2,26,27)(H,28,36)(H,34,35)(H,38,39)/t18-,22+/m1/s1. The van der Waals surface area contributed by atoms with E-state index in [0.717, 1.165) is 27.6 Å². The van der Waals surface area contributed by atoms with Crippen LogP contribution < -0.4 is 11.1 Å². The van der Waals surface area contributed by atoms with Crippen LogP contribution >= 0.6 is 46.2 Å². The third-order valence-electron chi connectivity index (χ3n) is 6.31. The number of carboxylic acid groups (broad SMARTS) is 2. The van der Waals surface area contributed by atoms with Gasteiger partial charge in [0, 0.05) is 27.3 Å². The zero-order chi connectivity index (χ0) is 31.7. The maximum Gasteiger partial charge on any atom is 0.352 e. The number of β-lactam (4-membered cyclic amide) rings is 1. The summed E-state index contributed by atoms with van der Waals surface area (Å²) < 4.78 is 0.445. The topological polar surface area (TPSA) is 238 Å². The van der Waals surface area contributed by atoms with Gasteiger partial charge in [-0.25, -0.2) is 14.8 Å². The number of carbonyl (C=O) groups excluding carboxylic acids is 2. The summed E-state index contributed by atoms with van der Waals surface area (Å²) in [6.07, 6.45) is -0.335. The molecule has 0 aliphatic carbocycles. The van der Waals surface area contributed by atoms with Crippen LogP contribution in [-0.2, 0) is 30.4 Å². The van der Waals surface area contributed by atoms with Crippen molar-refractivity contribution < 1.29 is 44.4 Å². The van der Waals surface area contributed by atoms with Crippen LogP contribution in [-0.4, -0.2) is 94.8 Å². The van der Waals surface area contributed by atoms with Crippen LogP contribution in [0.15, 0.2) is 44.3 Å². The number of fused-ring (bicyclic) bond motifs is 1. The van der Waals surface area contributed by atoms with E-state index < -0.39 is 35.2 Å². The molecule has 230 valence electrons. The highest BCUT2D eigenvalue weighted by Crippen LogP contribution is 2.43. The Hall–Kier alpha value is -4.33. The van der Waals surface area contributed by atoms with Gasteiger partial charge >= 0.3 is 11.9 Å². The first-order chi connectivity index (χ1) is 21.0. The number of carbonyl (C=O) groups is 4. The van der Waals surface area contributed by atoms with Crippen LogP contribution in [0.4, 0.5) is 5.13 Å². The SMILES string of the molecule is CON=C(C(=O)N[C@@H]1C(=O)N2C(C(=O)O)=C(CSc3nc(-c4ccc(O)c(O)c4)c(CC(=O)O)s3)CS[C@@H]12)c1csc(N)n1. The molecule has 1 saturated heterocycles. The van der Waals surface area contributed by atoms with Crippen LogP contribution in [0.25, 0.3) is 11.3 Å². The first kappa shape index (κ1) is 31.1. The third kappa shape index (κ3) is 6.16. The first-order valence-electron chi connectivity index (χ1n) is 12.4. The fourth-order valence-corrected chi connectivity index (χ4v) is 8.62. The molecular weight excluding hydrogens is 657 g/mol. The zero-order valence-electron chi connectivity index (χ0n) is 22.4. The summed E-state index contributed by atoms with van der Waals surface area (Å²) in [5.74, 6) is -4.10. The Morgan fingerprint density at radius 3 is 2.64 bits per heavy atom. The van der Waals surface area contributed by atoms with Crippen molar-refractivity contribution in [2.24, 2.45) is 5.16 Å². The number of rotatable bonds is 11. The van der Waals surface area contributed by atoms with Gasteiger partial charge in [0.1, 0.15) is 29.9 Å². The summed E-state index contributed by atoms with van der Waals surface area (Å²) in [6.45, 7) is 0. The van der Waals surface area contributed by atoms with Crippen LogP contribution in [0.5, 0.6) is 11.5 Å². The monoisotopic (exact) mass is 678 g/mol. The molecule has 1 fully saturated rings. The van der Waals surface area contributed by atoms with Gasteiger partial charge in [0.05, 0.1) is 12.1 Å². The van der Waals surface area contributed by atoms with Gasteiger partial charge in [-0.2, -0.15) is 0 Å². The van der Waals surface area contributed by atoms with E-state index in [1.807, 2.05) is 0 Å². The number of benzene rings is 1. The lowest BCUT2D eigenvalue weighted by Crippen LogP contribution is -2.71. The maximum absolute atomic E-state index is 13.1. The van der Waals surface area contributed by atoms with Crippen LogP contribution in [0.1, 0.15) is 10.6 Å². The van der Waals surface area contributed by atoms with Crippen molar-refractivity contribution in [3.05, 3.63) is 45.4 Å². The van der Waals surface area contributed by atoms with Gasteiger partial charge in [-0.15, -0.1) is 34.4 Å². The second-order valence-electron chi connectivity index (χ2n) is 9.13. The number of carboxylic acids is 2. The number of thiazole rings is 2. The Labute approximate surface area is 264 Å². The summed E-state index contributed by atoms with van der Waals surface area (Å²) in [5.41, 5.74) is 6.59. The Balaban J connectivity index is 1.33. The minimum absolute atomic E-state index is 0.137. The molecule has 0 spiro atoms. The van der Waals surface area contributed by atoms with Gasteiger partial charge in [0.25, 0.3) is 11.8 Å². The number of aromatic hydroxyl groups is 2. The Kier molecular flexibility index (Phi) is 9.00. The van der Waals surface area contributed by atoms with E-state index in [9.17, 15) is 39.6 Å². The molecule has 3 aromatic rings. The Morgan fingerprint density at radius 2 is 2.00 bits per heavy atom. The number of phenolic OH excluding ortho intramolecular Hbond substituents is 2. The Morgan fingerprint density at radius 1 is 1.23 bits per heavy atom. The molecule has 19 heteroatoms. The van der Waals surface area contributed by atoms with Crippen LogP contribution in [0, 0.1) is 0 Å². The van der Waals surface area contributed by atoms with Gasteiger partial charge in [0.15, 0.2) is 26.7 Å². The summed E-state index contributed by atoms with van der Waals surface area (Å²) in [7, 11) is 1.25. The number of aromatic nitrogens is 2. The second-order valence-corrected chi connectivity index (χ2v) is 13.4. The van der Waals surface area contributed by atoms with Crippen molar-refractivity contribution in [3.63, 3.8) is 0 Å². The average molecular weight is 679 g/mol. The molecule has 4 heterocycles. The largest absolute Gasteiger partial charge is 0.504 e. The number of hydrogen-bond acceptors (Lipinski definition) is 15. The number of amides is 2. The molecule has 7 N–H and O–H groups in total. The fraction of sp³-hybridized carbons (Fsp3) is 0.240. The predicted octanol–water partition coefficient (Wildman–Crippen LogP) is 1.77. The number of oxime groups is 1. The highest BCUT2D eigenvalue weighted by atomic mass is 32.2. The summed E-state index contributed by atoms with van der Waals surface area (Å²) in [5, 5.41) is 46.3. The number of nitrogens with zero attached hydrogens (tertiary/aromatic N) is 4. The van der Waals surface area contributed by atoms with Crippen molar-refractivity contribution in [3.8, 4) is 22.8 Å². The fourth-order valence-electron chi connectivity index (χ4n) is 4.39. The number of phenols is 2. The number of nitrogens with one attached hydrogen (secondary N) is 1. The lowest BCUT2D eigenvalue weighted by Gasteiger charge is -2.49. The highest BCUT2D eigenvalue weighted by molar-refractivity contribution is 8.01. The lowest BCUT2D eigenvalue weighted by molar-refractivity contribution is -0.150. The molecule has 15 nitrogen and oxygen atoms in total.